The van der Waals surface area contributed by atoms with Gasteiger partial charge in [-0.15, -0.1) is 0 Å². The van der Waals surface area contributed by atoms with Gasteiger partial charge in [-0.1, -0.05) is 13.8 Å². The van der Waals surface area contributed by atoms with Crippen LogP contribution in [0.15, 0.2) is 35.2 Å². The summed E-state index contributed by atoms with van der Waals surface area (Å²) in [7, 11) is -4.44. The number of benzene rings is 2. The fraction of sp³-hybridized carbons (Fsp3) is 0.458. The number of hydrogen-bond acceptors (Lipinski definition) is 7. The maximum Gasteiger partial charge on any atom is 0.349 e. The fourth-order valence-corrected chi connectivity index (χ4v) is 4.36. The molecule has 8 nitrogen and oxygen atoms in total. The monoisotopic (exact) mass is 480 g/mol. The van der Waals surface area contributed by atoms with Crippen molar-refractivity contribution in [3.63, 3.8) is 0 Å². The van der Waals surface area contributed by atoms with E-state index in [0.717, 1.165) is 0 Å². The zero-order valence-electron chi connectivity index (χ0n) is 20.0. The average Bonchev–Trinajstić information content (AvgIpc) is 2.63. The molecule has 0 saturated carbocycles. The molecule has 9 heteroatoms. The van der Waals surface area contributed by atoms with Crippen LogP contribution >= 0.6 is 0 Å². The van der Waals surface area contributed by atoms with Crippen molar-refractivity contribution in [2.24, 2.45) is 0 Å². The lowest BCUT2D eigenvalue weighted by molar-refractivity contribution is -0.136. The smallest absolute Gasteiger partial charge is 0.349 e. The number of rotatable bonds is 8. The molecular formula is C24H32O8S. The molecule has 0 unspecified atom stereocenters. The summed E-state index contributed by atoms with van der Waals surface area (Å²) in [5.74, 6) is -0.591. The Morgan fingerprint density at radius 2 is 1.45 bits per heavy atom. The van der Waals surface area contributed by atoms with Gasteiger partial charge in [0.05, 0.1) is 11.2 Å². The van der Waals surface area contributed by atoms with Gasteiger partial charge in [0.1, 0.15) is 16.4 Å². The van der Waals surface area contributed by atoms with Crippen LogP contribution in [0.2, 0.25) is 0 Å². The number of aryl methyl sites for hydroxylation is 1. The third-order valence-corrected chi connectivity index (χ3v) is 6.14. The molecule has 33 heavy (non-hydrogen) atoms. The van der Waals surface area contributed by atoms with Crippen molar-refractivity contribution in [2.75, 3.05) is 6.61 Å². The molecule has 2 rings (SSSR count). The average molecular weight is 481 g/mol. The van der Waals surface area contributed by atoms with Gasteiger partial charge in [0.25, 0.3) is 10.1 Å². The van der Waals surface area contributed by atoms with Crippen LogP contribution in [0.3, 0.4) is 0 Å². The highest BCUT2D eigenvalue weighted by Gasteiger charge is 2.25. The first-order valence-corrected chi connectivity index (χ1v) is 11.9. The first-order chi connectivity index (χ1) is 14.9. The number of carbonyl (C=O) groups excluding carboxylic acids is 1. The Morgan fingerprint density at radius 3 is 1.88 bits per heavy atom. The second kappa shape index (κ2) is 9.42. The number of ether oxygens (including phenoxy) is 2. The van der Waals surface area contributed by atoms with Crippen LogP contribution in [0.25, 0.3) is 0 Å². The molecule has 0 aliphatic carbocycles. The van der Waals surface area contributed by atoms with E-state index < -0.39 is 33.9 Å². The second-order valence-corrected chi connectivity index (χ2v) is 10.8. The van der Waals surface area contributed by atoms with Crippen molar-refractivity contribution in [1.82, 2.24) is 0 Å². The topological polar surface area (TPSA) is 130 Å². The number of hydrogen-bond donors (Lipinski definition) is 3. The Kier molecular flexibility index (Phi) is 7.65. The predicted molar refractivity (Wildman–Crippen MR) is 123 cm³/mol. The Balaban J connectivity index is 2.26. The van der Waals surface area contributed by atoms with E-state index in [1.165, 1.54) is 19.1 Å². The molecule has 0 atom stereocenters. The van der Waals surface area contributed by atoms with Crippen molar-refractivity contribution in [2.45, 2.75) is 70.5 Å². The Labute approximate surface area is 194 Å². The van der Waals surface area contributed by atoms with Crippen LogP contribution in [0.1, 0.15) is 69.7 Å². The molecule has 0 saturated heterocycles. The molecule has 0 aliphatic heterocycles. The molecule has 0 aliphatic rings. The van der Waals surface area contributed by atoms with Crippen LogP contribution in [0.5, 0.6) is 11.5 Å². The molecule has 0 aromatic heterocycles. The summed E-state index contributed by atoms with van der Waals surface area (Å²) in [6.07, 6.45) is 0. The maximum atomic E-state index is 12.4. The highest BCUT2D eigenvalue weighted by atomic mass is 32.2. The Bertz CT molecular complexity index is 1100. The minimum atomic E-state index is -4.44. The van der Waals surface area contributed by atoms with Gasteiger partial charge in [0, 0.05) is 0 Å². The van der Waals surface area contributed by atoms with E-state index in [2.05, 4.69) is 0 Å². The van der Waals surface area contributed by atoms with Crippen LogP contribution in [0, 0.1) is 6.92 Å². The van der Waals surface area contributed by atoms with Gasteiger partial charge in [-0.25, -0.2) is 4.79 Å². The van der Waals surface area contributed by atoms with Crippen molar-refractivity contribution in [3.8, 4) is 11.5 Å². The standard InChI is InChI=1S/C24H32O8S/c1-14(2)20-12-19(8-15(3)22(20)33(28,29)30)32-21(25)13-31-18-10-16(23(4,5)26)9-17(11-18)24(6,7)27/h8-12,14,26-27H,13H2,1-7H3,(H,28,29,30). The third kappa shape index (κ3) is 7.01. The molecule has 2 aromatic carbocycles. The third-order valence-electron chi connectivity index (χ3n) is 5.06. The lowest BCUT2D eigenvalue weighted by Gasteiger charge is -2.24. The molecule has 0 amide bonds. The molecule has 182 valence electrons. The molecule has 3 N–H and O–H groups in total. The van der Waals surface area contributed by atoms with Crippen molar-refractivity contribution in [1.29, 1.82) is 0 Å². The summed E-state index contributed by atoms with van der Waals surface area (Å²) < 4.78 is 44.0. The van der Waals surface area contributed by atoms with Gasteiger partial charge < -0.3 is 19.7 Å². The lowest BCUT2D eigenvalue weighted by Crippen LogP contribution is -2.22. The quantitative estimate of drug-likeness (QED) is 0.295. The summed E-state index contributed by atoms with van der Waals surface area (Å²) in [5, 5.41) is 20.7. The van der Waals surface area contributed by atoms with Crippen LogP contribution in [-0.4, -0.2) is 35.8 Å². The zero-order chi connectivity index (χ0) is 25.4. The van der Waals surface area contributed by atoms with E-state index in [4.69, 9.17) is 9.47 Å². The summed E-state index contributed by atoms with van der Waals surface area (Å²) in [4.78, 5) is 12.2. The summed E-state index contributed by atoms with van der Waals surface area (Å²) >= 11 is 0. The van der Waals surface area contributed by atoms with Gasteiger partial charge in [-0.05, 0) is 93.1 Å². The van der Waals surface area contributed by atoms with Crippen LogP contribution in [-0.2, 0) is 26.1 Å². The minimum Gasteiger partial charge on any atom is -0.482 e. The number of esters is 1. The molecule has 0 spiro atoms. The van der Waals surface area contributed by atoms with E-state index in [0.29, 0.717) is 16.7 Å². The summed E-state index contributed by atoms with van der Waals surface area (Å²) in [6.45, 7) is 10.9. The van der Waals surface area contributed by atoms with E-state index in [1.807, 2.05) is 0 Å². The van der Waals surface area contributed by atoms with Crippen molar-refractivity contribution in [3.05, 3.63) is 52.6 Å². The van der Waals surface area contributed by atoms with Gasteiger partial charge in [0.15, 0.2) is 6.61 Å². The summed E-state index contributed by atoms with van der Waals surface area (Å²) in [6, 6.07) is 7.57. The molecule has 2 aromatic rings. The Hall–Kier alpha value is -2.46. The SMILES string of the molecule is Cc1cc(OC(=O)COc2cc(C(C)(C)O)cc(C(C)(C)O)c2)cc(C(C)C)c1S(=O)(=O)O. The highest BCUT2D eigenvalue weighted by molar-refractivity contribution is 7.86. The number of aliphatic hydroxyl groups is 2. The van der Waals surface area contributed by atoms with Gasteiger partial charge >= 0.3 is 5.97 Å². The molecule has 0 fully saturated rings. The first-order valence-electron chi connectivity index (χ1n) is 10.5. The largest absolute Gasteiger partial charge is 0.482 e. The molecule has 0 radical (unpaired) electrons. The predicted octanol–water partition coefficient (Wildman–Crippen LogP) is 3.80. The highest BCUT2D eigenvalue weighted by Crippen LogP contribution is 2.32. The molecule has 0 heterocycles. The van der Waals surface area contributed by atoms with E-state index in [9.17, 15) is 28.0 Å². The van der Waals surface area contributed by atoms with Gasteiger partial charge in [-0.3, -0.25) is 4.55 Å². The molecule has 0 bridgehead atoms. The van der Waals surface area contributed by atoms with E-state index in [1.54, 1.807) is 59.7 Å². The molecular weight excluding hydrogens is 448 g/mol. The first kappa shape index (κ1) is 26.8. The van der Waals surface area contributed by atoms with E-state index >= 15 is 0 Å². The maximum absolute atomic E-state index is 12.4. The number of carbonyl (C=O) groups is 1. The zero-order valence-corrected chi connectivity index (χ0v) is 20.8. The Morgan fingerprint density at radius 1 is 0.939 bits per heavy atom. The lowest BCUT2D eigenvalue weighted by atomic mass is 9.90. The van der Waals surface area contributed by atoms with E-state index in [-0.39, 0.29) is 27.9 Å². The van der Waals surface area contributed by atoms with Crippen molar-refractivity contribution < 1.29 is 37.5 Å². The fourth-order valence-electron chi connectivity index (χ4n) is 3.30. The van der Waals surface area contributed by atoms with Crippen LogP contribution in [0.4, 0.5) is 0 Å². The second-order valence-electron chi connectivity index (χ2n) is 9.42. The van der Waals surface area contributed by atoms with Gasteiger partial charge in [-0.2, -0.15) is 8.42 Å². The van der Waals surface area contributed by atoms with Gasteiger partial charge in [0.2, 0.25) is 0 Å². The minimum absolute atomic E-state index is 0.125. The summed E-state index contributed by atoms with van der Waals surface area (Å²) in [5.41, 5.74) is -0.806. The van der Waals surface area contributed by atoms with Crippen LogP contribution < -0.4 is 9.47 Å². The van der Waals surface area contributed by atoms with Crippen molar-refractivity contribution >= 4 is 16.1 Å². The normalized spacial score (nSPS) is 12.7.